The van der Waals surface area contributed by atoms with Crippen LogP contribution in [0.4, 0.5) is 10.1 Å². The largest absolute Gasteiger partial charge is 0.352 e. The Morgan fingerprint density at radius 1 is 1.04 bits per heavy atom. The number of benzene rings is 2. The molecule has 2 rings (SSSR count). The third-order valence-electron chi connectivity index (χ3n) is 3.54. The number of anilines is 1. The fraction of sp³-hybridized carbons (Fsp3) is 0.263. The molecule has 0 saturated heterocycles. The molecule has 0 fully saturated rings. The van der Waals surface area contributed by atoms with Crippen LogP contribution in [0, 0.1) is 11.7 Å². The van der Waals surface area contributed by atoms with Crippen LogP contribution in [0.3, 0.4) is 0 Å². The van der Waals surface area contributed by atoms with E-state index < -0.39 is 0 Å². The van der Waals surface area contributed by atoms with Crippen molar-refractivity contribution in [2.24, 2.45) is 5.92 Å². The van der Waals surface area contributed by atoms with Gasteiger partial charge in [-0.05, 0) is 29.3 Å². The molecule has 2 amide bonds. The van der Waals surface area contributed by atoms with Crippen molar-refractivity contribution < 1.29 is 14.0 Å². The van der Waals surface area contributed by atoms with Gasteiger partial charge in [-0.2, -0.15) is 0 Å². The van der Waals surface area contributed by atoms with Crippen LogP contribution < -0.4 is 10.6 Å². The van der Waals surface area contributed by atoms with E-state index in [0.717, 1.165) is 11.3 Å². The number of carbonyl (C=O) groups is 2. The van der Waals surface area contributed by atoms with Gasteiger partial charge in [0.05, 0.1) is 6.42 Å². The quantitative estimate of drug-likeness (QED) is 0.855. The van der Waals surface area contributed by atoms with Crippen molar-refractivity contribution in [2.75, 3.05) is 5.32 Å². The Kier molecular flexibility index (Phi) is 6.07. The number of hydrogen-bond acceptors (Lipinski definition) is 2. The lowest BCUT2D eigenvalue weighted by atomic mass is 10.1. The summed E-state index contributed by atoms with van der Waals surface area (Å²) in [4.78, 5) is 23.5. The highest BCUT2D eigenvalue weighted by molar-refractivity contribution is 5.92. The molecule has 0 aliphatic rings. The molecule has 2 aromatic carbocycles. The molecule has 2 N–H and O–H groups in total. The summed E-state index contributed by atoms with van der Waals surface area (Å²) >= 11 is 0. The van der Waals surface area contributed by atoms with Gasteiger partial charge in [0, 0.05) is 18.2 Å². The molecule has 0 spiro atoms. The molecular weight excluding hydrogens is 307 g/mol. The van der Waals surface area contributed by atoms with Crippen molar-refractivity contribution in [1.82, 2.24) is 5.32 Å². The lowest BCUT2D eigenvalue weighted by molar-refractivity contribution is -0.120. The normalized spacial score (nSPS) is 10.5. The monoisotopic (exact) mass is 328 g/mol. The van der Waals surface area contributed by atoms with Gasteiger partial charge in [0.15, 0.2) is 0 Å². The first kappa shape index (κ1) is 17.7. The Morgan fingerprint density at radius 3 is 2.33 bits per heavy atom. The summed E-state index contributed by atoms with van der Waals surface area (Å²) in [7, 11) is 0. The minimum absolute atomic E-state index is 0.00913. The van der Waals surface area contributed by atoms with Gasteiger partial charge in [0.25, 0.3) is 0 Å². The van der Waals surface area contributed by atoms with Gasteiger partial charge in [0.1, 0.15) is 5.82 Å². The van der Waals surface area contributed by atoms with Gasteiger partial charge in [0.2, 0.25) is 11.8 Å². The SMILES string of the molecule is CC(C)C(=O)Nc1ccc(CNC(=O)Cc2ccccc2F)cc1. The Hall–Kier alpha value is -2.69. The van der Waals surface area contributed by atoms with Crippen molar-refractivity contribution in [3.05, 3.63) is 65.5 Å². The van der Waals surface area contributed by atoms with E-state index in [1.165, 1.54) is 6.07 Å². The van der Waals surface area contributed by atoms with Gasteiger partial charge in [-0.3, -0.25) is 9.59 Å². The summed E-state index contributed by atoms with van der Waals surface area (Å²) in [6.07, 6.45) is 0.00913. The fourth-order valence-corrected chi connectivity index (χ4v) is 2.07. The third kappa shape index (κ3) is 5.19. The van der Waals surface area contributed by atoms with E-state index in [9.17, 15) is 14.0 Å². The number of halogens is 1. The minimum Gasteiger partial charge on any atom is -0.352 e. The molecule has 5 heteroatoms. The zero-order chi connectivity index (χ0) is 17.5. The molecule has 0 aliphatic heterocycles. The van der Waals surface area contributed by atoms with Crippen LogP contribution in [0.2, 0.25) is 0 Å². The van der Waals surface area contributed by atoms with Crippen LogP contribution in [-0.2, 0) is 22.6 Å². The highest BCUT2D eigenvalue weighted by Crippen LogP contribution is 2.11. The number of hydrogen-bond donors (Lipinski definition) is 2. The summed E-state index contributed by atoms with van der Waals surface area (Å²) in [5.41, 5.74) is 2.00. The van der Waals surface area contributed by atoms with Crippen molar-refractivity contribution >= 4 is 17.5 Å². The first-order valence-corrected chi connectivity index (χ1v) is 7.85. The van der Waals surface area contributed by atoms with E-state index in [1.807, 2.05) is 26.0 Å². The summed E-state index contributed by atoms with van der Waals surface area (Å²) < 4.78 is 13.5. The second kappa shape index (κ2) is 8.24. The Bertz CT molecular complexity index is 712. The van der Waals surface area contributed by atoms with Crippen molar-refractivity contribution in [1.29, 1.82) is 0 Å². The Balaban J connectivity index is 1.85. The first-order chi connectivity index (χ1) is 11.5. The van der Waals surface area contributed by atoms with Crippen LogP contribution >= 0.6 is 0 Å². The predicted octanol–water partition coefficient (Wildman–Crippen LogP) is 3.28. The number of amides is 2. The van der Waals surface area contributed by atoms with Crippen LogP contribution in [0.15, 0.2) is 48.5 Å². The van der Waals surface area contributed by atoms with E-state index in [4.69, 9.17) is 0 Å². The van der Waals surface area contributed by atoms with Gasteiger partial charge in [-0.15, -0.1) is 0 Å². The lowest BCUT2D eigenvalue weighted by Crippen LogP contribution is -2.25. The van der Waals surface area contributed by atoms with E-state index in [-0.39, 0.29) is 30.0 Å². The Morgan fingerprint density at radius 2 is 1.71 bits per heavy atom. The van der Waals surface area contributed by atoms with E-state index >= 15 is 0 Å². The standard InChI is InChI=1S/C19H21FN2O2/c1-13(2)19(24)22-16-9-7-14(8-10-16)12-21-18(23)11-15-5-3-4-6-17(15)20/h3-10,13H,11-12H2,1-2H3,(H,21,23)(H,22,24). The van der Waals surface area contributed by atoms with Crippen LogP contribution in [0.1, 0.15) is 25.0 Å². The zero-order valence-electron chi connectivity index (χ0n) is 13.8. The molecule has 0 bridgehead atoms. The maximum atomic E-state index is 13.5. The van der Waals surface area contributed by atoms with E-state index in [1.54, 1.807) is 30.3 Å². The molecule has 126 valence electrons. The summed E-state index contributed by atoms with van der Waals surface area (Å²) in [5, 5.41) is 5.56. The van der Waals surface area contributed by atoms with Gasteiger partial charge < -0.3 is 10.6 Å². The predicted molar refractivity (Wildman–Crippen MR) is 91.9 cm³/mol. The number of carbonyl (C=O) groups excluding carboxylic acids is 2. The Labute approximate surface area is 141 Å². The topological polar surface area (TPSA) is 58.2 Å². The maximum Gasteiger partial charge on any atom is 0.226 e. The zero-order valence-corrected chi connectivity index (χ0v) is 13.8. The minimum atomic E-state index is -0.377. The first-order valence-electron chi connectivity index (χ1n) is 7.85. The van der Waals surface area contributed by atoms with Gasteiger partial charge in [-0.25, -0.2) is 4.39 Å². The highest BCUT2D eigenvalue weighted by atomic mass is 19.1. The molecule has 24 heavy (non-hydrogen) atoms. The maximum absolute atomic E-state index is 13.5. The van der Waals surface area contributed by atoms with Crippen molar-refractivity contribution in [3.63, 3.8) is 0 Å². The molecule has 0 heterocycles. The molecule has 4 nitrogen and oxygen atoms in total. The third-order valence-corrected chi connectivity index (χ3v) is 3.54. The molecule has 0 atom stereocenters. The highest BCUT2D eigenvalue weighted by Gasteiger charge is 2.08. The molecule has 0 unspecified atom stereocenters. The molecule has 0 saturated carbocycles. The van der Waals surface area contributed by atoms with Crippen LogP contribution in [0.5, 0.6) is 0 Å². The molecule has 0 aliphatic carbocycles. The second-order valence-corrected chi connectivity index (χ2v) is 5.89. The molecule has 0 aromatic heterocycles. The summed E-state index contributed by atoms with van der Waals surface area (Å²) in [6, 6.07) is 13.5. The lowest BCUT2D eigenvalue weighted by Gasteiger charge is -2.09. The molecular formula is C19H21FN2O2. The average Bonchev–Trinajstić information content (AvgIpc) is 2.56. The smallest absolute Gasteiger partial charge is 0.226 e. The van der Waals surface area contributed by atoms with Gasteiger partial charge in [-0.1, -0.05) is 44.2 Å². The van der Waals surface area contributed by atoms with Crippen molar-refractivity contribution in [2.45, 2.75) is 26.8 Å². The van der Waals surface area contributed by atoms with E-state index in [0.29, 0.717) is 12.1 Å². The van der Waals surface area contributed by atoms with Crippen molar-refractivity contribution in [3.8, 4) is 0 Å². The number of rotatable bonds is 6. The van der Waals surface area contributed by atoms with Gasteiger partial charge >= 0.3 is 0 Å². The molecule has 2 aromatic rings. The number of nitrogens with one attached hydrogen (secondary N) is 2. The fourth-order valence-electron chi connectivity index (χ4n) is 2.07. The second-order valence-electron chi connectivity index (χ2n) is 5.89. The summed E-state index contributed by atoms with van der Waals surface area (Å²) in [5.74, 6) is -0.738. The van der Waals surface area contributed by atoms with Crippen LogP contribution in [0.25, 0.3) is 0 Å². The average molecular weight is 328 g/mol. The summed E-state index contributed by atoms with van der Waals surface area (Å²) in [6.45, 7) is 4.01. The van der Waals surface area contributed by atoms with E-state index in [2.05, 4.69) is 10.6 Å². The van der Waals surface area contributed by atoms with Crippen LogP contribution in [-0.4, -0.2) is 11.8 Å². The molecule has 0 radical (unpaired) electrons.